The quantitative estimate of drug-likeness (QED) is 0.267. The molecular weight excluding hydrogens is 513 g/mol. The van der Waals surface area contributed by atoms with Crippen LogP contribution < -0.4 is 5.32 Å². The third-order valence-electron chi connectivity index (χ3n) is 7.35. The van der Waals surface area contributed by atoms with E-state index in [4.69, 9.17) is 21.6 Å². The van der Waals surface area contributed by atoms with Crippen molar-refractivity contribution < 1.29 is 9.18 Å². The summed E-state index contributed by atoms with van der Waals surface area (Å²) in [5.41, 5.74) is 4.83. The number of aryl methyl sites for hydroxylation is 2. The van der Waals surface area contributed by atoms with Crippen LogP contribution in [0, 0.1) is 19.7 Å². The monoisotopic (exact) mass is 539 g/mol. The summed E-state index contributed by atoms with van der Waals surface area (Å²) in [6, 6.07) is 20.2. The predicted octanol–water partition coefficient (Wildman–Crippen LogP) is 6.97. The maximum Gasteiger partial charge on any atom is 0.255 e. The van der Waals surface area contributed by atoms with E-state index >= 15 is 4.39 Å². The van der Waals surface area contributed by atoms with Gasteiger partial charge in [-0.3, -0.25) is 9.78 Å². The van der Waals surface area contributed by atoms with Gasteiger partial charge in [0.05, 0.1) is 27.3 Å². The second kappa shape index (κ2) is 10.2. The third-order valence-corrected chi connectivity index (χ3v) is 7.67. The Morgan fingerprint density at radius 1 is 0.974 bits per heavy atom. The standard InChI is InChI=1S/C31H27ClFN5O/c1-18-7-8-20-9-11-26(33)28(29(20)34-18)21-10-12-27-24(17-21)19(2)35-31(37-27)36-22-13-15-38(16-14-22)30(39)23-5-3-4-6-25(23)32/h3-12,17,22H,13-16H2,1-2H3,(H,35,36,37). The molecule has 196 valence electrons. The molecule has 1 saturated heterocycles. The number of rotatable bonds is 4. The number of nitrogens with zero attached hydrogens (tertiary/aromatic N) is 4. The molecule has 0 spiro atoms. The molecule has 0 bridgehead atoms. The summed E-state index contributed by atoms with van der Waals surface area (Å²) in [6.45, 7) is 5.09. The Balaban J connectivity index is 1.21. The Bertz CT molecular complexity index is 1730. The number of hydrogen-bond acceptors (Lipinski definition) is 5. The molecule has 6 nitrogen and oxygen atoms in total. The van der Waals surface area contributed by atoms with Crippen molar-refractivity contribution >= 4 is 45.3 Å². The van der Waals surface area contributed by atoms with E-state index in [0.717, 1.165) is 46.1 Å². The Hall–Kier alpha value is -4.10. The van der Waals surface area contributed by atoms with E-state index in [0.29, 0.717) is 40.7 Å². The first-order valence-corrected chi connectivity index (χ1v) is 13.4. The minimum Gasteiger partial charge on any atom is -0.351 e. The summed E-state index contributed by atoms with van der Waals surface area (Å²) in [6.07, 6.45) is 1.56. The lowest BCUT2D eigenvalue weighted by atomic mass is 9.99. The number of likely N-dealkylation sites (tertiary alicyclic amines) is 1. The van der Waals surface area contributed by atoms with Gasteiger partial charge in [-0.15, -0.1) is 0 Å². The molecule has 1 fully saturated rings. The largest absolute Gasteiger partial charge is 0.351 e. The second-order valence-corrected chi connectivity index (χ2v) is 10.4. The highest BCUT2D eigenvalue weighted by Gasteiger charge is 2.25. The van der Waals surface area contributed by atoms with Crippen molar-refractivity contribution in [2.75, 3.05) is 18.4 Å². The Labute approximate surface area is 230 Å². The fourth-order valence-corrected chi connectivity index (χ4v) is 5.47. The molecule has 1 N–H and O–H groups in total. The molecule has 0 unspecified atom stereocenters. The lowest BCUT2D eigenvalue weighted by Gasteiger charge is -2.32. The van der Waals surface area contributed by atoms with Gasteiger partial charge < -0.3 is 10.2 Å². The predicted molar refractivity (Wildman–Crippen MR) is 154 cm³/mol. The number of amides is 1. The maximum absolute atomic E-state index is 15.0. The molecule has 0 radical (unpaired) electrons. The van der Waals surface area contributed by atoms with Gasteiger partial charge in [-0.2, -0.15) is 0 Å². The Morgan fingerprint density at radius 3 is 2.54 bits per heavy atom. The summed E-state index contributed by atoms with van der Waals surface area (Å²) in [5, 5.41) is 5.68. The first kappa shape index (κ1) is 25.2. The highest BCUT2D eigenvalue weighted by molar-refractivity contribution is 6.33. The van der Waals surface area contributed by atoms with Gasteiger partial charge in [0.1, 0.15) is 5.82 Å². The summed E-state index contributed by atoms with van der Waals surface area (Å²) >= 11 is 6.22. The van der Waals surface area contributed by atoms with Crippen molar-refractivity contribution in [2.24, 2.45) is 0 Å². The summed E-state index contributed by atoms with van der Waals surface area (Å²) in [4.78, 5) is 28.8. The minimum absolute atomic E-state index is 0.0411. The number of aromatic nitrogens is 3. The van der Waals surface area contributed by atoms with Crippen LogP contribution >= 0.6 is 11.6 Å². The number of nitrogens with one attached hydrogen (secondary N) is 1. The molecule has 0 aliphatic carbocycles. The molecule has 5 aromatic rings. The molecule has 0 saturated carbocycles. The van der Waals surface area contributed by atoms with Crippen LogP contribution in [0.25, 0.3) is 32.9 Å². The highest BCUT2D eigenvalue weighted by Crippen LogP contribution is 2.33. The molecular formula is C31H27ClFN5O. The smallest absolute Gasteiger partial charge is 0.255 e. The fourth-order valence-electron chi connectivity index (χ4n) is 5.25. The van der Waals surface area contributed by atoms with E-state index in [1.165, 1.54) is 6.07 Å². The van der Waals surface area contributed by atoms with Crippen LogP contribution in [0.1, 0.15) is 34.6 Å². The first-order chi connectivity index (χ1) is 18.9. The van der Waals surface area contributed by atoms with E-state index in [1.807, 2.05) is 61.2 Å². The average Bonchev–Trinajstić information content (AvgIpc) is 2.93. The molecule has 1 amide bonds. The third kappa shape index (κ3) is 4.90. The lowest BCUT2D eigenvalue weighted by molar-refractivity contribution is 0.0718. The number of piperidine rings is 1. The number of benzene rings is 3. The number of halogens is 2. The number of hydrogen-bond donors (Lipinski definition) is 1. The second-order valence-electron chi connectivity index (χ2n) is 10.0. The van der Waals surface area contributed by atoms with Crippen LogP contribution in [0.2, 0.25) is 5.02 Å². The summed E-state index contributed by atoms with van der Waals surface area (Å²) in [7, 11) is 0. The molecule has 3 heterocycles. The lowest BCUT2D eigenvalue weighted by Crippen LogP contribution is -2.42. The van der Waals surface area contributed by atoms with Crippen molar-refractivity contribution in [1.29, 1.82) is 0 Å². The van der Waals surface area contributed by atoms with Gasteiger partial charge in [-0.25, -0.2) is 14.4 Å². The van der Waals surface area contributed by atoms with Crippen molar-refractivity contribution in [3.63, 3.8) is 0 Å². The zero-order valence-corrected chi connectivity index (χ0v) is 22.5. The molecule has 1 aliphatic heterocycles. The van der Waals surface area contributed by atoms with Crippen molar-refractivity contribution in [3.8, 4) is 11.1 Å². The van der Waals surface area contributed by atoms with Gasteiger partial charge in [0.15, 0.2) is 0 Å². The number of fused-ring (bicyclic) bond motifs is 2. The molecule has 39 heavy (non-hydrogen) atoms. The first-order valence-electron chi connectivity index (χ1n) is 13.0. The average molecular weight is 540 g/mol. The summed E-state index contributed by atoms with van der Waals surface area (Å²) < 4.78 is 15.0. The van der Waals surface area contributed by atoms with E-state index in [2.05, 4.69) is 10.3 Å². The zero-order valence-electron chi connectivity index (χ0n) is 21.7. The van der Waals surface area contributed by atoms with Gasteiger partial charge in [0, 0.05) is 41.2 Å². The van der Waals surface area contributed by atoms with Gasteiger partial charge in [0.25, 0.3) is 5.91 Å². The normalized spacial score (nSPS) is 14.2. The van der Waals surface area contributed by atoms with Crippen molar-refractivity contribution in [1.82, 2.24) is 19.9 Å². The van der Waals surface area contributed by atoms with Gasteiger partial charge >= 0.3 is 0 Å². The van der Waals surface area contributed by atoms with Crippen molar-refractivity contribution in [3.05, 3.63) is 94.5 Å². The minimum atomic E-state index is -0.309. The fraction of sp³-hybridized carbons (Fsp3) is 0.226. The van der Waals surface area contributed by atoms with Gasteiger partial charge in [-0.05, 0) is 74.7 Å². The molecule has 6 rings (SSSR count). The summed E-state index contributed by atoms with van der Waals surface area (Å²) in [5.74, 6) is 0.203. The number of carbonyl (C=O) groups excluding carboxylic acids is 1. The number of pyridine rings is 1. The van der Waals surface area contributed by atoms with Crippen LogP contribution in [-0.4, -0.2) is 44.9 Å². The number of anilines is 1. The van der Waals surface area contributed by atoms with E-state index in [9.17, 15) is 4.79 Å². The van der Waals surface area contributed by atoms with Gasteiger partial charge in [-0.1, -0.05) is 35.9 Å². The number of carbonyl (C=O) groups is 1. The maximum atomic E-state index is 15.0. The molecule has 3 aromatic carbocycles. The van der Waals surface area contributed by atoms with Crippen LogP contribution in [0.3, 0.4) is 0 Å². The Kier molecular flexibility index (Phi) is 6.61. The van der Waals surface area contributed by atoms with E-state index in [-0.39, 0.29) is 17.8 Å². The SMILES string of the molecule is Cc1ccc2ccc(F)c(-c3ccc4nc(NC5CCN(C(=O)c6ccccc6Cl)CC5)nc(C)c4c3)c2n1. The van der Waals surface area contributed by atoms with Crippen LogP contribution in [-0.2, 0) is 0 Å². The van der Waals surface area contributed by atoms with Crippen molar-refractivity contribution in [2.45, 2.75) is 32.7 Å². The Morgan fingerprint density at radius 2 is 1.74 bits per heavy atom. The zero-order chi connectivity index (χ0) is 27.1. The molecule has 1 aliphatic rings. The van der Waals surface area contributed by atoms with Crippen LogP contribution in [0.4, 0.5) is 10.3 Å². The van der Waals surface area contributed by atoms with Gasteiger partial charge in [0.2, 0.25) is 5.95 Å². The molecule has 8 heteroatoms. The van der Waals surface area contributed by atoms with E-state index < -0.39 is 0 Å². The molecule has 0 atom stereocenters. The molecule has 2 aromatic heterocycles. The van der Waals surface area contributed by atoms with E-state index in [1.54, 1.807) is 18.2 Å². The topological polar surface area (TPSA) is 71.0 Å². The highest BCUT2D eigenvalue weighted by atomic mass is 35.5. The van der Waals surface area contributed by atoms with Crippen LogP contribution in [0.15, 0.2) is 66.7 Å². The van der Waals surface area contributed by atoms with Crippen LogP contribution in [0.5, 0.6) is 0 Å².